The molecule has 2 aliphatic rings. The Morgan fingerprint density at radius 3 is 2.86 bits per heavy atom. The number of hydrogen-bond acceptors (Lipinski definition) is 3. The Morgan fingerprint density at radius 2 is 2.10 bits per heavy atom. The molecular weight excluding hydrogens is 262 g/mol. The van der Waals surface area contributed by atoms with E-state index in [1.54, 1.807) is 0 Å². The van der Waals surface area contributed by atoms with E-state index in [2.05, 4.69) is 40.7 Å². The van der Waals surface area contributed by atoms with Crippen LogP contribution < -0.4 is 15.5 Å². The maximum absolute atomic E-state index is 12.4. The minimum absolute atomic E-state index is 0.0919. The molecule has 1 atom stereocenters. The van der Waals surface area contributed by atoms with Crippen molar-refractivity contribution in [2.24, 2.45) is 0 Å². The van der Waals surface area contributed by atoms with Gasteiger partial charge in [-0.2, -0.15) is 0 Å². The molecule has 0 aromatic heterocycles. The smallest absolute Gasteiger partial charge is 0.255 e. The molecule has 3 rings (SSSR count). The SMILES string of the molecule is CC.CCc1cccc2c1C(=O)NC1CCNCCCN21. The van der Waals surface area contributed by atoms with E-state index in [-0.39, 0.29) is 12.1 Å². The summed E-state index contributed by atoms with van der Waals surface area (Å²) in [7, 11) is 0. The van der Waals surface area contributed by atoms with Crippen molar-refractivity contribution in [2.45, 2.75) is 46.2 Å². The largest absolute Gasteiger partial charge is 0.351 e. The predicted octanol–water partition coefficient (Wildman–Crippen LogP) is 2.53. The Hall–Kier alpha value is -1.55. The standard InChI is InChI=1S/C15H21N3O.C2H6/c1-2-11-5-3-6-12-14(11)15(19)17-13-7-9-16-8-4-10-18(12)13;1-2/h3,5-6,13,16H,2,4,7-10H2,1H3,(H,17,19);1-2H3. The molecule has 1 unspecified atom stereocenters. The highest BCUT2D eigenvalue weighted by atomic mass is 16.2. The van der Waals surface area contributed by atoms with Crippen molar-refractivity contribution >= 4 is 11.6 Å². The molecule has 1 aromatic carbocycles. The van der Waals surface area contributed by atoms with Gasteiger partial charge in [-0.15, -0.1) is 0 Å². The summed E-state index contributed by atoms with van der Waals surface area (Å²) in [5.74, 6) is 0.0919. The van der Waals surface area contributed by atoms with E-state index in [0.717, 1.165) is 55.7 Å². The first kappa shape index (κ1) is 15.8. The van der Waals surface area contributed by atoms with E-state index in [1.165, 1.54) is 0 Å². The molecule has 0 bridgehead atoms. The second kappa shape index (κ2) is 7.46. The molecule has 21 heavy (non-hydrogen) atoms. The van der Waals surface area contributed by atoms with Crippen molar-refractivity contribution in [1.82, 2.24) is 10.6 Å². The number of benzene rings is 1. The highest BCUT2D eigenvalue weighted by molar-refractivity contribution is 6.03. The maximum Gasteiger partial charge on any atom is 0.255 e. The number of amides is 1. The summed E-state index contributed by atoms with van der Waals surface area (Å²) in [6.45, 7) is 9.12. The van der Waals surface area contributed by atoms with Crippen molar-refractivity contribution in [3.63, 3.8) is 0 Å². The third kappa shape index (κ3) is 3.21. The van der Waals surface area contributed by atoms with Crippen LogP contribution in [0.15, 0.2) is 18.2 Å². The summed E-state index contributed by atoms with van der Waals surface area (Å²) in [5.41, 5.74) is 3.15. The van der Waals surface area contributed by atoms with Gasteiger partial charge in [-0.25, -0.2) is 0 Å². The normalized spacial score (nSPS) is 21.0. The Balaban J connectivity index is 0.000000774. The fourth-order valence-corrected chi connectivity index (χ4v) is 3.09. The fraction of sp³-hybridized carbons (Fsp3) is 0.588. The fourth-order valence-electron chi connectivity index (χ4n) is 3.09. The van der Waals surface area contributed by atoms with Crippen molar-refractivity contribution in [3.8, 4) is 0 Å². The van der Waals surface area contributed by atoms with E-state index < -0.39 is 0 Å². The van der Waals surface area contributed by atoms with E-state index >= 15 is 0 Å². The van der Waals surface area contributed by atoms with Crippen LogP contribution in [0.3, 0.4) is 0 Å². The molecule has 1 aromatic rings. The second-order valence-corrected chi connectivity index (χ2v) is 5.24. The van der Waals surface area contributed by atoms with Crippen LogP contribution in [0, 0.1) is 0 Å². The molecule has 2 aliphatic heterocycles. The average molecular weight is 289 g/mol. The number of anilines is 1. The minimum Gasteiger partial charge on any atom is -0.351 e. The van der Waals surface area contributed by atoms with Gasteiger partial charge in [-0.3, -0.25) is 4.79 Å². The van der Waals surface area contributed by atoms with Crippen LogP contribution in [-0.2, 0) is 6.42 Å². The summed E-state index contributed by atoms with van der Waals surface area (Å²) in [6.07, 6.45) is 3.11. The second-order valence-electron chi connectivity index (χ2n) is 5.24. The highest BCUT2D eigenvalue weighted by Crippen LogP contribution is 2.30. The number of hydrogen-bond donors (Lipinski definition) is 2. The summed E-state index contributed by atoms with van der Waals surface area (Å²) in [5, 5.41) is 6.57. The van der Waals surface area contributed by atoms with E-state index in [4.69, 9.17) is 0 Å². The molecule has 0 saturated carbocycles. The van der Waals surface area contributed by atoms with Crippen LogP contribution in [0.25, 0.3) is 0 Å². The third-order valence-electron chi connectivity index (χ3n) is 4.07. The molecule has 0 radical (unpaired) electrons. The first-order chi connectivity index (χ1) is 10.3. The number of aryl methyl sites for hydroxylation is 1. The monoisotopic (exact) mass is 289 g/mol. The van der Waals surface area contributed by atoms with Crippen molar-refractivity contribution in [2.75, 3.05) is 24.5 Å². The Kier molecular flexibility index (Phi) is 5.62. The predicted molar refractivity (Wildman–Crippen MR) is 87.9 cm³/mol. The maximum atomic E-state index is 12.4. The van der Waals surface area contributed by atoms with Crippen LogP contribution in [0.4, 0.5) is 5.69 Å². The lowest BCUT2D eigenvalue weighted by molar-refractivity contribution is 0.0922. The van der Waals surface area contributed by atoms with E-state index in [9.17, 15) is 4.79 Å². The highest BCUT2D eigenvalue weighted by Gasteiger charge is 2.31. The number of carbonyl (C=O) groups excluding carboxylic acids is 1. The molecule has 116 valence electrons. The Bertz CT molecular complexity index is 487. The van der Waals surface area contributed by atoms with E-state index in [1.807, 2.05) is 13.8 Å². The molecule has 0 spiro atoms. The Labute approximate surface area is 127 Å². The van der Waals surface area contributed by atoms with Crippen LogP contribution >= 0.6 is 0 Å². The zero-order chi connectivity index (χ0) is 15.2. The number of nitrogens with one attached hydrogen (secondary N) is 2. The molecule has 2 N–H and O–H groups in total. The number of fused-ring (bicyclic) bond motifs is 3. The number of rotatable bonds is 1. The van der Waals surface area contributed by atoms with Gasteiger partial charge in [0.25, 0.3) is 5.91 Å². The minimum atomic E-state index is 0.0919. The lowest BCUT2D eigenvalue weighted by Crippen LogP contribution is -2.55. The van der Waals surface area contributed by atoms with Gasteiger partial charge in [0.15, 0.2) is 0 Å². The van der Waals surface area contributed by atoms with Gasteiger partial charge >= 0.3 is 0 Å². The van der Waals surface area contributed by atoms with E-state index in [0.29, 0.717) is 0 Å². The van der Waals surface area contributed by atoms with Gasteiger partial charge in [-0.1, -0.05) is 32.9 Å². The molecule has 1 fully saturated rings. The average Bonchev–Trinajstić information content (AvgIpc) is 2.50. The van der Waals surface area contributed by atoms with Gasteiger partial charge < -0.3 is 15.5 Å². The molecule has 4 nitrogen and oxygen atoms in total. The molecule has 1 amide bonds. The van der Waals surface area contributed by atoms with Gasteiger partial charge in [0.1, 0.15) is 6.17 Å². The zero-order valence-corrected chi connectivity index (χ0v) is 13.4. The molecule has 0 aliphatic carbocycles. The first-order valence-corrected chi connectivity index (χ1v) is 8.21. The van der Waals surface area contributed by atoms with Crippen molar-refractivity contribution < 1.29 is 4.79 Å². The van der Waals surface area contributed by atoms with Gasteiger partial charge in [0.2, 0.25) is 0 Å². The number of carbonyl (C=O) groups is 1. The van der Waals surface area contributed by atoms with Crippen molar-refractivity contribution in [3.05, 3.63) is 29.3 Å². The summed E-state index contributed by atoms with van der Waals surface area (Å²) in [6, 6.07) is 6.23. The lowest BCUT2D eigenvalue weighted by atomic mass is 9.98. The zero-order valence-electron chi connectivity index (χ0n) is 13.4. The van der Waals surface area contributed by atoms with Crippen LogP contribution in [-0.4, -0.2) is 31.7 Å². The lowest BCUT2D eigenvalue weighted by Gasteiger charge is -2.41. The molecular formula is C17H27N3O. The molecule has 4 heteroatoms. The van der Waals surface area contributed by atoms with Crippen LogP contribution in [0.5, 0.6) is 0 Å². The number of nitrogens with zero attached hydrogens (tertiary/aromatic N) is 1. The van der Waals surface area contributed by atoms with Crippen molar-refractivity contribution in [1.29, 1.82) is 0 Å². The van der Waals surface area contributed by atoms with Crippen LogP contribution in [0.2, 0.25) is 0 Å². The summed E-state index contributed by atoms with van der Waals surface area (Å²) < 4.78 is 0. The van der Waals surface area contributed by atoms with Gasteiger partial charge in [-0.05, 0) is 44.0 Å². The Morgan fingerprint density at radius 1 is 1.29 bits per heavy atom. The van der Waals surface area contributed by atoms with Crippen LogP contribution in [0.1, 0.15) is 49.5 Å². The molecule has 2 heterocycles. The first-order valence-electron chi connectivity index (χ1n) is 8.21. The summed E-state index contributed by atoms with van der Waals surface area (Å²) in [4.78, 5) is 14.7. The molecule has 1 saturated heterocycles. The quantitative estimate of drug-likeness (QED) is 0.835. The topological polar surface area (TPSA) is 44.4 Å². The van der Waals surface area contributed by atoms with Gasteiger partial charge in [0, 0.05) is 6.54 Å². The van der Waals surface area contributed by atoms with Gasteiger partial charge in [0.05, 0.1) is 11.3 Å². The third-order valence-corrected chi connectivity index (χ3v) is 4.07. The summed E-state index contributed by atoms with van der Waals surface area (Å²) >= 11 is 0.